The van der Waals surface area contributed by atoms with Gasteiger partial charge in [-0.05, 0) is 16.5 Å². The summed E-state index contributed by atoms with van der Waals surface area (Å²) in [7, 11) is 0. The fraction of sp³-hybridized carbons (Fsp3) is 0.143. The predicted octanol–water partition coefficient (Wildman–Crippen LogP) is 0.394. The number of hydrazone groups is 1. The van der Waals surface area contributed by atoms with Gasteiger partial charge >= 0.3 is 0 Å². The highest BCUT2D eigenvalue weighted by Gasteiger charge is 2.31. The number of hydrogen-bond acceptors (Lipinski definition) is 6. The number of hydrazine groups is 1. The second-order valence-electron chi connectivity index (χ2n) is 2.83. The Labute approximate surface area is 74.0 Å². The molecule has 1 unspecified atom stereocenters. The molecule has 0 bridgehead atoms. The summed E-state index contributed by atoms with van der Waals surface area (Å²) in [5.74, 6) is 0. The zero-order valence-corrected chi connectivity index (χ0v) is 6.62. The maximum absolute atomic E-state index is 3.94. The van der Waals surface area contributed by atoms with Crippen LogP contribution < -0.4 is 5.53 Å². The highest BCUT2D eigenvalue weighted by Crippen LogP contribution is 2.21. The molecule has 64 valence electrons. The monoisotopic (exact) mass is 174 g/mol. The van der Waals surface area contributed by atoms with Gasteiger partial charge in [0.05, 0.1) is 11.9 Å². The van der Waals surface area contributed by atoms with Gasteiger partial charge < -0.3 is 0 Å². The van der Waals surface area contributed by atoms with Gasteiger partial charge in [-0.1, -0.05) is 12.2 Å². The van der Waals surface area contributed by atoms with Crippen molar-refractivity contribution >= 4 is 11.9 Å². The number of hydrogen-bond donors (Lipinski definition) is 1. The Kier molecular flexibility index (Phi) is 1.13. The van der Waals surface area contributed by atoms with Crippen molar-refractivity contribution in [2.24, 2.45) is 20.6 Å². The Bertz CT molecular complexity index is 388. The lowest BCUT2D eigenvalue weighted by molar-refractivity contribution is 0.162. The van der Waals surface area contributed by atoms with Crippen molar-refractivity contribution < 1.29 is 0 Å². The van der Waals surface area contributed by atoms with E-state index in [-0.39, 0.29) is 6.04 Å². The van der Waals surface area contributed by atoms with E-state index in [1.54, 1.807) is 11.3 Å². The molecule has 2 heterocycles. The van der Waals surface area contributed by atoms with Crippen LogP contribution in [0.5, 0.6) is 0 Å². The van der Waals surface area contributed by atoms with Crippen molar-refractivity contribution in [3.63, 3.8) is 0 Å². The van der Waals surface area contributed by atoms with Crippen LogP contribution in [0.25, 0.3) is 0 Å². The Morgan fingerprint density at radius 3 is 3.46 bits per heavy atom. The number of nitrogens with one attached hydrogen (secondary N) is 1. The van der Waals surface area contributed by atoms with Crippen LogP contribution in [0.3, 0.4) is 0 Å². The van der Waals surface area contributed by atoms with Crippen LogP contribution in [-0.4, -0.2) is 23.1 Å². The Hall–Kier alpha value is -1.98. The molecule has 6 nitrogen and oxygen atoms in total. The van der Waals surface area contributed by atoms with Crippen molar-refractivity contribution in [3.05, 3.63) is 23.8 Å². The van der Waals surface area contributed by atoms with E-state index >= 15 is 0 Å². The first-order valence-corrected chi connectivity index (χ1v) is 3.90. The summed E-state index contributed by atoms with van der Waals surface area (Å²) in [6.07, 6.45) is 7.60. The summed E-state index contributed by atoms with van der Waals surface area (Å²) in [6, 6.07) is 0.0278. The lowest BCUT2D eigenvalue weighted by Gasteiger charge is -2.32. The highest BCUT2D eigenvalue weighted by molar-refractivity contribution is 6.07. The minimum atomic E-state index is 0.0278. The topological polar surface area (TPSA) is 64.7 Å². The molecule has 0 radical (unpaired) electrons. The van der Waals surface area contributed by atoms with Crippen molar-refractivity contribution in [2.45, 2.75) is 6.04 Å². The molecule has 0 saturated heterocycles. The standard InChI is InChI=1S/C7H6N6/c1-2-5-4-8-11-13-7(5)6(3-1)9-10-12-13/h1-4,7,11H. The third-order valence-corrected chi connectivity index (χ3v) is 2.07. The molecule has 0 aromatic carbocycles. The SMILES string of the molecule is C1=CC2=NN=NN3NN=CC(=C1)C23. The summed E-state index contributed by atoms with van der Waals surface area (Å²) in [6.45, 7) is 0. The van der Waals surface area contributed by atoms with E-state index in [0.717, 1.165) is 11.3 Å². The van der Waals surface area contributed by atoms with Crippen molar-refractivity contribution in [2.75, 3.05) is 0 Å². The highest BCUT2D eigenvalue weighted by atomic mass is 15.9. The van der Waals surface area contributed by atoms with Gasteiger partial charge in [-0.2, -0.15) is 15.8 Å². The zero-order chi connectivity index (χ0) is 8.67. The summed E-state index contributed by atoms with van der Waals surface area (Å²) in [5.41, 5.74) is 4.69. The van der Waals surface area contributed by atoms with E-state index in [0.29, 0.717) is 0 Å². The molecule has 3 aliphatic rings. The van der Waals surface area contributed by atoms with Gasteiger partial charge in [0, 0.05) is 5.57 Å². The number of allylic oxidation sites excluding steroid dienone is 2. The minimum absolute atomic E-state index is 0.0278. The van der Waals surface area contributed by atoms with E-state index in [9.17, 15) is 0 Å². The smallest absolute Gasteiger partial charge is 0.143 e. The molecule has 1 N–H and O–H groups in total. The van der Waals surface area contributed by atoms with Crippen molar-refractivity contribution in [1.29, 1.82) is 0 Å². The molecule has 6 heteroatoms. The molecule has 3 rings (SSSR count). The Morgan fingerprint density at radius 2 is 2.46 bits per heavy atom. The minimum Gasteiger partial charge on any atom is -0.200 e. The van der Waals surface area contributed by atoms with Gasteiger partial charge in [0.15, 0.2) is 0 Å². The van der Waals surface area contributed by atoms with E-state index in [4.69, 9.17) is 0 Å². The first-order valence-electron chi connectivity index (χ1n) is 3.90. The average molecular weight is 174 g/mol. The van der Waals surface area contributed by atoms with Crippen LogP contribution in [-0.2, 0) is 0 Å². The lowest BCUT2D eigenvalue weighted by atomic mass is 9.97. The summed E-state index contributed by atoms with van der Waals surface area (Å²) in [4.78, 5) is 0. The second-order valence-corrected chi connectivity index (χ2v) is 2.83. The molecule has 1 atom stereocenters. The van der Waals surface area contributed by atoms with Gasteiger partial charge in [0.25, 0.3) is 0 Å². The van der Waals surface area contributed by atoms with Crippen LogP contribution in [0, 0.1) is 0 Å². The van der Waals surface area contributed by atoms with E-state index in [1.807, 2.05) is 18.2 Å². The quantitative estimate of drug-likeness (QED) is 0.577. The van der Waals surface area contributed by atoms with Crippen LogP contribution in [0.15, 0.2) is 44.5 Å². The molecule has 0 spiro atoms. The van der Waals surface area contributed by atoms with Gasteiger partial charge in [0.2, 0.25) is 0 Å². The molecular weight excluding hydrogens is 168 g/mol. The second kappa shape index (κ2) is 2.25. The fourth-order valence-corrected chi connectivity index (χ4v) is 1.49. The Balaban J connectivity index is 2.16. The largest absolute Gasteiger partial charge is 0.200 e. The fourth-order valence-electron chi connectivity index (χ4n) is 1.49. The van der Waals surface area contributed by atoms with Crippen molar-refractivity contribution in [3.8, 4) is 0 Å². The van der Waals surface area contributed by atoms with Gasteiger partial charge in [-0.15, -0.1) is 5.10 Å². The van der Waals surface area contributed by atoms with Gasteiger partial charge in [-0.25, -0.2) is 0 Å². The van der Waals surface area contributed by atoms with Crippen LogP contribution in [0.4, 0.5) is 0 Å². The summed E-state index contributed by atoms with van der Waals surface area (Å²) >= 11 is 0. The van der Waals surface area contributed by atoms with E-state index in [2.05, 4.69) is 26.2 Å². The van der Waals surface area contributed by atoms with Gasteiger partial charge in [0.1, 0.15) is 6.04 Å². The third-order valence-electron chi connectivity index (χ3n) is 2.07. The molecule has 0 aromatic heterocycles. The molecule has 2 aliphatic heterocycles. The molecule has 0 fully saturated rings. The molecule has 0 saturated carbocycles. The lowest BCUT2D eigenvalue weighted by Crippen LogP contribution is -2.49. The first-order chi connectivity index (χ1) is 6.45. The average Bonchev–Trinajstić information content (AvgIpc) is 2.19. The summed E-state index contributed by atoms with van der Waals surface area (Å²) in [5, 5.41) is 16.9. The summed E-state index contributed by atoms with van der Waals surface area (Å²) < 4.78 is 0. The Morgan fingerprint density at radius 1 is 1.46 bits per heavy atom. The van der Waals surface area contributed by atoms with Crippen LogP contribution >= 0.6 is 0 Å². The van der Waals surface area contributed by atoms with Crippen LogP contribution in [0.2, 0.25) is 0 Å². The number of nitrogens with zero attached hydrogens (tertiary/aromatic N) is 5. The number of rotatable bonds is 0. The first kappa shape index (κ1) is 6.53. The molecule has 1 aliphatic carbocycles. The molecule has 13 heavy (non-hydrogen) atoms. The third kappa shape index (κ3) is 0.821. The van der Waals surface area contributed by atoms with Gasteiger partial charge in [-0.3, -0.25) is 0 Å². The molecule has 0 aromatic rings. The van der Waals surface area contributed by atoms with E-state index in [1.165, 1.54) is 0 Å². The molecule has 0 amide bonds. The maximum atomic E-state index is 3.94. The predicted molar refractivity (Wildman–Crippen MR) is 46.8 cm³/mol. The normalized spacial score (nSPS) is 27.7. The van der Waals surface area contributed by atoms with Crippen molar-refractivity contribution in [1.82, 2.24) is 10.7 Å². The molecular formula is C7H6N6. The van der Waals surface area contributed by atoms with E-state index < -0.39 is 0 Å². The zero-order valence-electron chi connectivity index (χ0n) is 6.62. The maximum Gasteiger partial charge on any atom is 0.143 e. The van der Waals surface area contributed by atoms with Crippen LogP contribution in [0.1, 0.15) is 0 Å².